The minimum atomic E-state index is 0.379. The molecular formula is C16H25BrO2. The summed E-state index contributed by atoms with van der Waals surface area (Å²) >= 11 is 3.86. The van der Waals surface area contributed by atoms with Gasteiger partial charge in [0.1, 0.15) is 0 Å². The fourth-order valence-corrected chi connectivity index (χ4v) is 3.24. The van der Waals surface area contributed by atoms with Gasteiger partial charge in [0, 0.05) is 4.83 Å². The Morgan fingerprint density at radius 2 is 1.79 bits per heavy atom. The third-order valence-corrected chi connectivity index (χ3v) is 4.87. The summed E-state index contributed by atoms with van der Waals surface area (Å²) in [5.41, 5.74) is 1.26. The zero-order valence-corrected chi connectivity index (χ0v) is 14.0. The topological polar surface area (TPSA) is 18.5 Å². The Hall–Kier alpha value is -0.700. The van der Waals surface area contributed by atoms with Gasteiger partial charge in [0.15, 0.2) is 11.5 Å². The highest BCUT2D eigenvalue weighted by atomic mass is 79.9. The van der Waals surface area contributed by atoms with Gasteiger partial charge in [0.05, 0.1) is 14.2 Å². The first-order valence-corrected chi connectivity index (χ1v) is 7.95. The fraction of sp³-hybridized carbons (Fsp3) is 0.625. The van der Waals surface area contributed by atoms with E-state index in [0.717, 1.165) is 11.5 Å². The van der Waals surface area contributed by atoms with Gasteiger partial charge >= 0.3 is 0 Å². The van der Waals surface area contributed by atoms with Crippen molar-refractivity contribution in [2.75, 3.05) is 14.2 Å². The van der Waals surface area contributed by atoms with Crippen molar-refractivity contribution in [2.24, 2.45) is 5.92 Å². The molecule has 0 aliphatic carbocycles. The Balaban J connectivity index is 2.88. The minimum absolute atomic E-state index is 0.379. The van der Waals surface area contributed by atoms with Crippen molar-refractivity contribution in [3.05, 3.63) is 23.8 Å². The summed E-state index contributed by atoms with van der Waals surface area (Å²) in [6.07, 6.45) is 4.98. The lowest BCUT2D eigenvalue weighted by Crippen LogP contribution is -2.07. The van der Waals surface area contributed by atoms with Crippen LogP contribution in [0.15, 0.2) is 18.2 Å². The van der Waals surface area contributed by atoms with Crippen LogP contribution < -0.4 is 9.47 Å². The molecule has 0 aliphatic rings. The fourth-order valence-electron chi connectivity index (χ4n) is 2.32. The SMILES string of the molecule is CCCCC(CC)C(Br)c1ccc(OC)c(OC)c1. The smallest absolute Gasteiger partial charge is 0.161 e. The predicted molar refractivity (Wildman–Crippen MR) is 84.5 cm³/mol. The Labute approximate surface area is 125 Å². The van der Waals surface area contributed by atoms with Crippen molar-refractivity contribution >= 4 is 15.9 Å². The van der Waals surface area contributed by atoms with Crippen LogP contribution in [0.4, 0.5) is 0 Å². The van der Waals surface area contributed by atoms with Crippen molar-refractivity contribution in [2.45, 2.75) is 44.4 Å². The Bertz CT molecular complexity index is 379. The van der Waals surface area contributed by atoms with Crippen LogP contribution in [0.1, 0.15) is 49.9 Å². The number of unbranched alkanes of at least 4 members (excludes halogenated alkanes) is 1. The van der Waals surface area contributed by atoms with Crippen LogP contribution in [-0.2, 0) is 0 Å². The lowest BCUT2D eigenvalue weighted by Gasteiger charge is -2.22. The number of hydrogen-bond donors (Lipinski definition) is 0. The quantitative estimate of drug-likeness (QED) is 0.598. The first kappa shape index (κ1) is 16.4. The van der Waals surface area contributed by atoms with E-state index < -0.39 is 0 Å². The Morgan fingerprint density at radius 1 is 1.11 bits per heavy atom. The van der Waals surface area contributed by atoms with Gasteiger partial charge in [0.25, 0.3) is 0 Å². The molecule has 2 atom stereocenters. The summed E-state index contributed by atoms with van der Waals surface area (Å²) in [5, 5.41) is 0. The molecule has 0 saturated carbocycles. The molecule has 2 nitrogen and oxygen atoms in total. The average Bonchev–Trinajstić information content (AvgIpc) is 2.46. The van der Waals surface area contributed by atoms with Gasteiger partial charge in [-0.25, -0.2) is 0 Å². The van der Waals surface area contributed by atoms with Crippen molar-refractivity contribution in [3.63, 3.8) is 0 Å². The molecule has 108 valence electrons. The van der Waals surface area contributed by atoms with Gasteiger partial charge in [-0.05, 0) is 30.0 Å². The van der Waals surface area contributed by atoms with Gasteiger partial charge in [-0.2, -0.15) is 0 Å². The minimum Gasteiger partial charge on any atom is -0.493 e. The number of ether oxygens (including phenoxy) is 2. The summed E-state index contributed by atoms with van der Waals surface area (Å²) < 4.78 is 10.7. The number of alkyl halides is 1. The predicted octanol–water partition coefficient (Wildman–Crippen LogP) is 5.36. The molecule has 1 rings (SSSR count). The monoisotopic (exact) mass is 328 g/mol. The second kappa shape index (κ2) is 8.47. The summed E-state index contributed by atoms with van der Waals surface area (Å²) in [4.78, 5) is 0.379. The molecule has 0 spiro atoms. The van der Waals surface area contributed by atoms with Crippen molar-refractivity contribution in [3.8, 4) is 11.5 Å². The third kappa shape index (κ3) is 4.41. The molecule has 0 heterocycles. The molecule has 19 heavy (non-hydrogen) atoms. The second-order valence-corrected chi connectivity index (χ2v) is 5.81. The maximum absolute atomic E-state index is 5.38. The Morgan fingerprint density at radius 3 is 2.32 bits per heavy atom. The van der Waals surface area contributed by atoms with E-state index in [0.29, 0.717) is 10.7 Å². The second-order valence-electron chi connectivity index (χ2n) is 4.83. The van der Waals surface area contributed by atoms with Crippen molar-refractivity contribution in [1.82, 2.24) is 0 Å². The highest BCUT2D eigenvalue weighted by Crippen LogP contribution is 2.39. The number of methoxy groups -OCH3 is 2. The van der Waals surface area contributed by atoms with Crippen LogP contribution in [0.25, 0.3) is 0 Å². The van der Waals surface area contributed by atoms with E-state index >= 15 is 0 Å². The largest absolute Gasteiger partial charge is 0.493 e. The molecule has 0 N–H and O–H groups in total. The summed E-state index contributed by atoms with van der Waals surface area (Å²) in [5.74, 6) is 2.25. The van der Waals surface area contributed by atoms with Gasteiger partial charge in [0.2, 0.25) is 0 Å². The Kier molecular flexibility index (Phi) is 7.29. The van der Waals surface area contributed by atoms with Gasteiger partial charge < -0.3 is 9.47 Å². The lowest BCUT2D eigenvalue weighted by molar-refractivity contribution is 0.354. The highest BCUT2D eigenvalue weighted by Gasteiger charge is 2.20. The molecule has 0 saturated heterocycles. The van der Waals surface area contributed by atoms with Crippen LogP contribution in [0.5, 0.6) is 11.5 Å². The van der Waals surface area contributed by atoms with Gasteiger partial charge in [-0.3, -0.25) is 0 Å². The van der Waals surface area contributed by atoms with Crippen molar-refractivity contribution < 1.29 is 9.47 Å². The van der Waals surface area contributed by atoms with Gasteiger partial charge in [-0.15, -0.1) is 0 Å². The molecule has 0 aliphatic heterocycles. The molecule has 1 aromatic carbocycles. The summed E-state index contributed by atoms with van der Waals surface area (Å²) in [6, 6.07) is 6.18. The van der Waals surface area contributed by atoms with Crippen LogP contribution in [0.3, 0.4) is 0 Å². The normalized spacial score (nSPS) is 13.9. The standard InChI is InChI=1S/C16H25BrO2/c1-5-7-8-12(6-2)16(17)13-9-10-14(18-3)15(11-13)19-4/h9-12,16H,5-8H2,1-4H3. The maximum atomic E-state index is 5.38. The lowest BCUT2D eigenvalue weighted by atomic mass is 9.91. The maximum Gasteiger partial charge on any atom is 0.161 e. The summed E-state index contributed by atoms with van der Waals surface area (Å²) in [6.45, 7) is 4.50. The number of rotatable bonds is 8. The summed E-state index contributed by atoms with van der Waals surface area (Å²) in [7, 11) is 3.35. The van der Waals surface area contributed by atoms with Crippen LogP contribution in [-0.4, -0.2) is 14.2 Å². The van der Waals surface area contributed by atoms with E-state index in [1.807, 2.05) is 6.07 Å². The van der Waals surface area contributed by atoms with E-state index in [-0.39, 0.29) is 0 Å². The molecule has 1 aromatic rings. The van der Waals surface area contributed by atoms with Crippen LogP contribution in [0.2, 0.25) is 0 Å². The molecular weight excluding hydrogens is 304 g/mol. The molecule has 0 aromatic heterocycles. The van der Waals surface area contributed by atoms with E-state index in [9.17, 15) is 0 Å². The highest BCUT2D eigenvalue weighted by molar-refractivity contribution is 9.09. The van der Waals surface area contributed by atoms with E-state index in [4.69, 9.17) is 9.47 Å². The zero-order valence-electron chi connectivity index (χ0n) is 12.4. The van der Waals surface area contributed by atoms with E-state index in [1.54, 1.807) is 14.2 Å². The van der Waals surface area contributed by atoms with Gasteiger partial charge in [-0.1, -0.05) is 55.1 Å². The number of benzene rings is 1. The first-order chi connectivity index (χ1) is 9.17. The average molecular weight is 329 g/mol. The van der Waals surface area contributed by atoms with Crippen LogP contribution in [0, 0.1) is 5.92 Å². The van der Waals surface area contributed by atoms with E-state index in [1.165, 1.54) is 31.2 Å². The molecule has 0 radical (unpaired) electrons. The zero-order chi connectivity index (χ0) is 14.3. The first-order valence-electron chi connectivity index (χ1n) is 7.03. The van der Waals surface area contributed by atoms with E-state index in [2.05, 4.69) is 41.9 Å². The van der Waals surface area contributed by atoms with Crippen molar-refractivity contribution in [1.29, 1.82) is 0 Å². The number of hydrogen-bond acceptors (Lipinski definition) is 2. The molecule has 0 amide bonds. The van der Waals surface area contributed by atoms with Crippen LogP contribution >= 0.6 is 15.9 Å². The number of halogens is 1. The molecule has 0 bridgehead atoms. The third-order valence-electron chi connectivity index (χ3n) is 3.59. The molecule has 0 fully saturated rings. The molecule has 3 heteroatoms. The molecule has 2 unspecified atom stereocenters.